The molecule has 0 fully saturated rings. The van der Waals surface area contributed by atoms with Crippen LogP contribution in [-0.4, -0.2) is 0 Å². The zero-order valence-electron chi connectivity index (χ0n) is 18.8. The molecular formula is C28H28O5. The highest BCUT2D eigenvalue weighted by atomic mass is 16.4. The molecule has 0 saturated carbocycles. The molecule has 0 aliphatic heterocycles. The Morgan fingerprint density at radius 3 is 1.76 bits per heavy atom. The quantitative estimate of drug-likeness (QED) is 0.190. The third-order valence-corrected chi connectivity index (χ3v) is 5.82. The van der Waals surface area contributed by atoms with Crippen LogP contribution in [0.5, 0.6) is 0 Å². The summed E-state index contributed by atoms with van der Waals surface area (Å²) in [6.07, 6.45) is 11.6. The fourth-order valence-electron chi connectivity index (χ4n) is 4.07. The lowest BCUT2D eigenvalue weighted by Gasteiger charge is -2.01. The van der Waals surface area contributed by atoms with Crippen LogP contribution in [0, 0.1) is 0 Å². The predicted molar refractivity (Wildman–Crippen MR) is 127 cm³/mol. The van der Waals surface area contributed by atoms with E-state index >= 15 is 0 Å². The molecule has 5 rings (SSSR count). The molecule has 0 radical (unpaired) electrons. The first-order chi connectivity index (χ1) is 16.3. The van der Waals surface area contributed by atoms with E-state index in [0.717, 1.165) is 24.2 Å². The van der Waals surface area contributed by atoms with Crippen LogP contribution in [0.4, 0.5) is 0 Å². The monoisotopic (exact) mass is 444 g/mol. The van der Waals surface area contributed by atoms with Crippen molar-refractivity contribution in [2.45, 2.75) is 51.9 Å². The van der Waals surface area contributed by atoms with Crippen LogP contribution in [0.3, 0.4) is 0 Å². The van der Waals surface area contributed by atoms with Gasteiger partial charge in [0.2, 0.25) is 0 Å². The molecular weight excluding hydrogens is 416 g/mol. The van der Waals surface area contributed by atoms with Crippen LogP contribution in [0.15, 0.2) is 89.2 Å². The highest BCUT2D eigenvalue weighted by Gasteiger charge is 2.20. The number of rotatable bonds is 11. The second-order valence-corrected chi connectivity index (χ2v) is 8.27. The van der Waals surface area contributed by atoms with Crippen LogP contribution in [0.1, 0.15) is 51.0 Å². The topological polar surface area (TPSA) is 65.7 Å². The van der Waals surface area contributed by atoms with E-state index in [0.29, 0.717) is 40.3 Å². The van der Waals surface area contributed by atoms with E-state index < -0.39 is 0 Å². The van der Waals surface area contributed by atoms with Crippen LogP contribution in [0.25, 0.3) is 46.1 Å². The average molecular weight is 445 g/mol. The second-order valence-electron chi connectivity index (χ2n) is 8.27. The molecule has 5 nitrogen and oxygen atoms in total. The third-order valence-electron chi connectivity index (χ3n) is 5.82. The maximum Gasteiger partial charge on any atom is 0.173 e. The van der Waals surface area contributed by atoms with E-state index in [2.05, 4.69) is 13.0 Å². The molecule has 170 valence electrons. The molecule has 0 atom stereocenters. The number of hydrogen-bond donors (Lipinski definition) is 0. The number of unbranched alkanes of at least 4 members (excludes halogenated alkanes) is 5. The van der Waals surface area contributed by atoms with Gasteiger partial charge in [0.05, 0.1) is 12.5 Å². The van der Waals surface area contributed by atoms with Gasteiger partial charge in [0.15, 0.2) is 46.1 Å². The Labute approximate surface area is 193 Å². The first-order valence-corrected chi connectivity index (χ1v) is 11.7. The third kappa shape index (κ3) is 4.77. The summed E-state index contributed by atoms with van der Waals surface area (Å²) < 4.78 is 29.3. The minimum absolute atomic E-state index is 0.662. The van der Waals surface area contributed by atoms with E-state index in [1.54, 1.807) is 12.5 Å². The van der Waals surface area contributed by atoms with Gasteiger partial charge in [0.25, 0.3) is 0 Å². The van der Waals surface area contributed by atoms with Crippen molar-refractivity contribution in [2.75, 3.05) is 0 Å². The average Bonchev–Trinajstić information content (AvgIpc) is 3.65. The Balaban J connectivity index is 1.40. The summed E-state index contributed by atoms with van der Waals surface area (Å²) >= 11 is 0. The first kappa shape index (κ1) is 21.3. The molecule has 0 aliphatic rings. The molecule has 5 aromatic heterocycles. The fraction of sp³-hybridized carbons (Fsp3) is 0.286. The Bertz CT molecular complexity index is 1250. The summed E-state index contributed by atoms with van der Waals surface area (Å²) in [5.41, 5.74) is 1.12. The number of aryl methyl sites for hydroxylation is 1. The van der Waals surface area contributed by atoms with Crippen molar-refractivity contribution in [3.8, 4) is 46.1 Å². The molecule has 0 N–H and O–H groups in total. The largest absolute Gasteiger partial charge is 0.461 e. The van der Waals surface area contributed by atoms with Gasteiger partial charge in [0.1, 0.15) is 0 Å². The van der Waals surface area contributed by atoms with E-state index in [-0.39, 0.29) is 0 Å². The van der Waals surface area contributed by atoms with Gasteiger partial charge in [-0.25, -0.2) is 0 Å². The van der Waals surface area contributed by atoms with Gasteiger partial charge in [-0.1, -0.05) is 39.0 Å². The molecule has 0 spiro atoms. The fourth-order valence-corrected chi connectivity index (χ4v) is 4.07. The Kier molecular flexibility index (Phi) is 6.38. The van der Waals surface area contributed by atoms with Gasteiger partial charge < -0.3 is 22.1 Å². The summed E-state index contributed by atoms with van der Waals surface area (Å²) in [7, 11) is 0. The van der Waals surface area contributed by atoms with Gasteiger partial charge in [0, 0.05) is 5.56 Å². The van der Waals surface area contributed by atoms with Gasteiger partial charge in [-0.05, 0) is 67.4 Å². The SMILES string of the molecule is CCCCCCCCc1cc(-c2ccc(-c3ccco3)o2)oc1-c1ccc(-c2ccco2)o1. The van der Waals surface area contributed by atoms with Gasteiger partial charge in [-0.15, -0.1) is 0 Å². The molecule has 0 unspecified atom stereocenters. The molecule has 5 aromatic rings. The summed E-state index contributed by atoms with van der Waals surface area (Å²) in [5.74, 6) is 5.50. The van der Waals surface area contributed by atoms with Crippen LogP contribution >= 0.6 is 0 Å². The standard InChI is InChI=1S/C28H28O5/c1-2-3-4-5-6-7-10-20-19-27(25-14-13-23(31-25)21-11-8-17-29-21)33-28(20)26-16-15-24(32-26)22-12-9-18-30-22/h8-9,11-19H,2-7,10H2,1H3. The minimum Gasteiger partial charge on any atom is -0.461 e. The lowest BCUT2D eigenvalue weighted by molar-refractivity contribution is 0.495. The smallest absolute Gasteiger partial charge is 0.173 e. The van der Waals surface area contributed by atoms with Crippen molar-refractivity contribution in [3.63, 3.8) is 0 Å². The molecule has 0 saturated heterocycles. The van der Waals surface area contributed by atoms with E-state index in [9.17, 15) is 0 Å². The van der Waals surface area contributed by atoms with Crippen molar-refractivity contribution >= 4 is 0 Å². The number of furan rings is 5. The first-order valence-electron chi connectivity index (χ1n) is 11.7. The lowest BCUT2D eigenvalue weighted by atomic mass is 10.0. The highest BCUT2D eigenvalue weighted by Crippen LogP contribution is 2.38. The maximum atomic E-state index is 6.30. The Morgan fingerprint density at radius 1 is 0.545 bits per heavy atom. The molecule has 5 heterocycles. The van der Waals surface area contributed by atoms with Crippen LogP contribution < -0.4 is 0 Å². The Hall–Kier alpha value is -3.60. The van der Waals surface area contributed by atoms with Crippen LogP contribution in [-0.2, 0) is 6.42 Å². The van der Waals surface area contributed by atoms with Crippen molar-refractivity contribution in [1.82, 2.24) is 0 Å². The summed E-state index contributed by atoms with van der Waals surface area (Å²) in [6, 6.07) is 17.2. The molecule has 0 aliphatic carbocycles. The van der Waals surface area contributed by atoms with E-state index in [4.69, 9.17) is 22.1 Å². The second kappa shape index (κ2) is 9.90. The molecule has 0 aromatic carbocycles. The zero-order valence-corrected chi connectivity index (χ0v) is 18.8. The van der Waals surface area contributed by atoms with E-state index in [1.807, 2.05) is 48.5 Å². The van der Waals surface area contributed by atoms with Gasteiger partial charge >= 0.3 is 0 Å². The van der Waals surface area contributed by atoms with Crippen molar-refractivity contribution in [3.05, 3.63) is 72.7 Å². The number of hydrogen-bond acceptors (Lipinski definition) is 5. The Morgan fingerprint density at radius 2 is 1.12 bits per heavy atom. The molecule has 33 heavy (non-hydrogen) atoms. The highest BCUT2D eigenvalue weighted by molar-refractivity contribution is 5.66. The summed E-state index contributed by atoms with van der Waals surface area (Å²) in [4.78, 5) is 0. The maximum absolute atomic E-state index is 6.30. The van der Waals surface area contributed by atoms with E-state index in [1.165, 1.54) is 32.1 Å². The summed E-state index contributed by atoms with van der Waals surface area (Å²) in [6.45, 7) is 2.24. The van der Waals surface area contributed by atoms with Gasteiger partial charge in [-0.2, -0.15) is 0 Å². The summed E-state index contributed by atoms with van der Waals surface area (Å²) in [5, 5.41) is 0. The molecule has 0 amide bonds. The zero-order chi connectivity index (χ0) is 22.5. The van der Waals surface area contributed by atoms with Crippen molar-refractivity contribution < 1.29 is 22.1 Å². The molecule has 0 bridgehead atoms. The van der Waals surface area contributed by atoms with Crippen molar-refractivity contribution in [1.29, 1.82) is 0 Å². The van der Waals surface area contributed by atoms with Crippen molar-refractivity contribution in [2.24, 2.45) is 0 Å². The van der Waals surface area contributed by atoms with Crippen LogP contribution in [0.2, 0.25) is 0 Å². The molecule has 5 heteroatoms. The minimum atomic E-state index is 0.662. The lowest BCUT2D eigenvalue weighted by Crippen LogP contribution is -1.86. The normalized spacial score (nSPS) is 11.4. The predicted octanol–water partition coefficient (Wildman–Crippen LogP) is 9.22. The van der Waals surface area contributed by atoms with Gasteiger partial charge in [-0.3, -0.25) is 0 Å².